The van der Waals surface area contributed by atoms with Crippen molar-refractivity contribution in [3.8, 4) is 0 Å². The van der Waals surface area contributed by atoms with E-state index in [1.807, 2.05) is 13.8 Å². The minimum Gasteiger partial charge on any atom is -0.379 e. The molecule has 0 heterocycles. The predicted octanol–water partition coefficient (Wildman–Crippen LogP) is 0.735. The van der Waals surface area contributed by atoms with Crippen LogP contribution in [0.15, 0.2) is 0 Å². The standard InChI is InChI=1S/C12H26NO7/c1-3-15-5-7-17-9-11-19-13(14)20-12-10-18-8-6-16-4-2/h3-12H2,1-2H3/q+1. The molecule has 0 bridgehead atoms. The van der Waals surface area contributed by atoms with Crippen molar-refractivity contribution in [2.45, 2.75) is 13.8 Å². The molecule has 0 spiro atoms. The molecule has 0 aliphatic rings. The van der Waals surface area contributed by atoms with E-state index >= 15 is 0 Å². The first-order valence-corrected chi connectivity index (χ1v) is 6.85. The van der Waals surface area contributed by atoms with E-state index in [0.717, 1.165) is 0 Å². The molecule has 0 amide bonds. The van der Waals surface area contributed by atoms with E-state index in [4.69, 9.17) is 28.6 Å². The second kappa shape index (κ2) is 16.1. The first kappa shape index (κ1) is 19.0. The summed E-state index contributed by atoms with van der Waals surface area (Å²) in [5.41, 5.74) is 0. The van der Waals surface area contributed by atoms with E-state index in [9.17, 15) is 4.91 Å². The second-order valence-corrected chi connectivity index (χ2v) is 3.51. The van der Waals surface area contributed by atoms with Gasteiger partial charge in [0, 0.05) is 13.2 Å². The van der Waals surface area contributed by atoms with Crippen molar-refractivity contribution in [3.05, 3.63) is 4.91 Å². The summed E-state index contributed by atoms with van der Waals surface area (Å²) >= 11 is 0. The molecule has 0 aliphatic carbocycles. The van der Waals surface area contributed by atoms with Gasteiger partial charge in [-0.25, -0.2) is 0 Å². The van der Waals surface area contributed by atoms with E-state index in [2.05, 4.69) is 0 Å². The Bertz CT molecular complexity index is 196. The lowest BCUT2D eigenvalue weighted by atomic mass is 10.7. The van der Waals surface area contributed by atoms with Gasteiger partial charge >= 0.3 is 5.09 Å². The minimum absolute atomic E-state index is 0.0673. The van der Waals surface area contributed by atoms with Gasteiger partial charge in [-0.2, -0.15) is 9.68 Å². The maximum absolute atomic E-state index is 11.0. The van der Waals surface area contributed by atoms with Gasteiger partial charge < -0.3 is 18.9 Å². The number of rotatable bonds is 16. The summed E-state index contributed by atoms with van der Waals surface area (Å²) in [6.07, 6.45) is 0. The largest absolute Gasteiger partial charge is 0.477 e. The van der Waals surface area contributed by atoms with Crippen molar-refractivity contribution >= 4 is 0 Å². The summed E-state index contributed by atoms with van der Waals surface area (Å²) in [4.78, 5) is 20.4. The normalized spacial score (nSPS) is 10.5. The maximum Gasteiger partial charge on any atom is 0.477 e. The Kier molecular flexibility index (Phi) is 15.3. The summed E-state index contributed by atoms with van der Waals surface area (Å²) in [6.45, 7) is 8.03. The molecule has 0 rings (SSSR count). The second-order valence-electron chi connectivity index (χ2n) is 3.51. The van der Waals surface area contributed by atoms with Crippen LogP contribution in [0.4, 0.5) is 0 Å². The molecule has 0 N–H and O–H groups in total. The highest BCUT2D eigenvalue weighted by atomic mass is 17.0. The van der Waals surface area contributed by atoms with E-state index < -0.39 is 0 Å². The number of hydrogen-bond donors (Lipinski definition) is 0. The summed E-state index contributed by atoms with van der Waals surface area (Å²) in [6, 6.07) is 0. The Balaban J connectivity index is 3.13. The van der Waals surface area contributed by atoms with Crippen LogP contribution in [0.25, 0.3) is 0 Å². The molecule has 120 valence electrons. The lowest BCUT2D eigenvalue weighted by molar-refractivity contribution is -0.981. The summed E-state index contributed by atoms with van der Waals surface area (Å²) < 4.78 is 20.5. The summed E-state index contributed by atoms with van der Waals surface area (Å²) in [7, 11) is 0. The minimum atomic E-state index is 0.0673. The summed E-state index contributed by atoms with van der Waals surface area (Å²) in [5.74, 6) is 0. The van der Waals surface area contributed by atoms with E-state index in [1.54, 1.807) is 0 Å². The number of nitrogens with zero attached hydrogens (tertiary/aromatic N) is 1. The quantitative estimate of drug-likeness (QED) is 0.307. The zero-order valence-electron chi connectivity index (χ0n) is 12.4. The third-order valence-electron chi connectivity index (χ3n) is 2.00. The van der Waals surface area contributed by atoms with Crippen molar-refractivity contribution in [1.29, 1.82) is 0 Å². The van der Waals surface area contributed by atoms with Crippen molar-refractivity contribution in [3.63, 3.8) is 0 Å². The molecule has 0 radical (unpaired) electrons. The molecule has 0 saturated carbocycles. The molecule has 8 heteroatoms. The maximum atomic E-state index is 11.0. The van der Waals surface area contributed by atoms with Crippen molar-refractivity contribution in [2.24, 2.45) is 0 Å². The topological polar surface area (TPSA) is 75.5 Å². The molecule has 0 aromatic carbocycles. The van der Waals surface area contributed by atoms with Gasteiger partial charge in [-0.1, -0.05) is 0 Å². The monoisotopic (exact) mass is 296 g/mol. The van der Waals surface area contributed by atoms with Gasteiger partial charge in [0.05, 0.1) is 39.6 Å². The molecule has 0 aromatic heterocycles. The first-order valence-electron chi connectivity index (χ1n) is 6.85. The number of ether oxygens (including phenoxy) is 4. The van der Waals surface area contributed by atoms with Crippen LogP contribution < -0.4 is 0 Å². The van der Waals surface area contributed by atoms with Crippen molar-refractivity contribution in [2.75, 3.05) is 66.1 Å². The highest BCUT2D eigenvalue weighted by Crippen LogP contribution is 1.86. The Hall–Kier alpha value is -0.960. The third kappa shape index (κ3) is 15.1. The Labute approximate surface area is 119 Å². The van der Waals surface area contributed by atoms with Crippen molar-refractivity contribution in [1.82, 2.24) is 0 Å². The van der Waals surface area contributed by atoms with E-state index in [0.29, 0.717) is 52.9 Å². The molecule has 0 aromatic rings. The lowest BCUT2D eigenvalue weighted by Crippen LogP contribution is -2.18. The molecule has 0 fully saturated rings. The highest BCUT2D eigenvalue weighted by Gasteiger charge is 2.11. The summed E-state index contributed by atoms with van der Waals surface area (Å²) in [5, 5.41) is 0.0673. The SMILES string of the molecule is CCOCCOCCO[N+](=O)OCCOCCOCC. The van der Waals surface area contributed by atoms with Crippen LogP contribution in [-0.4, -0.2) is 71.2 Å². The molecule has 8 nitrogen and oxygen atoms in total. The van der Waals surface area contributed by atoms with Crippen LogP contribution in [-0.2, 0) is 28.6 Å². The molecule has 0 unspecified atom stereocenters. The van der Waals surface area contributed by atoms with Crippen LogP contribution in [0.1, 0.15) is 13.8 Å². The van der Waals surface area contributed by atoms with Crippen molar-refractivity contribution < 1.29 is 33.7 Å². The fourth-order valence-corrected chi connectivity index (χ4v) is 1.11. The van der Waals surface area contributed by atoms with Crippen LogP contribution in [0.3, 0.4) is 0 Å². The lowest BCUT2D eigenvalue weighted by Gasteiger charge is -2.02. The first-order chi connectivity index (χ1) is 9.81. The van der Waals surface area contributed by atoms with E-state index in [1.165, 1.54) is 0 Å². The average Bonchev–Trinajstić information content (AvgIpc) is 2.45. The van der Waals surface area contributed by atoms with Gasteiger partial charge in [-0.3, -0.25) is 0 Å². The highest BCUT2D eigenvalue weighted by molar-refractivity contribution is 4.30. The van der Waals surface area contributed by atoms with Crippen LogP contribution in [0, 0.1) is 4.91 Å². The van der Waals surface area contributed by atoms with Crippen LogP contribution in [0.5, 0.6) is 0 Å². The number of hydrogen-bond acceptors (Lipinski definition) is 7. The molecular weight excluding hydrogens is 270 g/mol. The molecule has 20 heavy (non-hydrogen) atoms. The average molecular weight is 296 g/mol. The third-order valence-corrected chi connectivity index (χ3v) is 2.00. The molecule has 0 atom stereocenters. The van der Waals surface area contributed by atoms with Gasteiger partial charge in [0.2, 0.25) is 0 Å². The fraction of sp³-hybridized carbons (Fsp3) is 1.00. The molecule has 0 saturated heterocycles. The smallest absolute Gasteiger partial charge is 0.379 e. The van der Waals surface area contributed by atoms with Crippen LogP contribution >= 0.6 is 0 Å². The Morgan fingerprint density at radius 3 is 1.35 bits per heavy atom. The molecule has 0 aliphatic heterocycles. The van der Waals surface area contributed by atoms with Gasteiger partial charge in [0.1, 0.15) is 4.91 Å². The zero-order valence-corrected chi connectivity index (χ0v) is 12.4. The Morgan fingerprint density at radius 2 is 0.950 bits per heavy atom. The van der Waals surface area contributed by atoms with Gasteiger partial charge in [-0.05, 0) is 13.8 Å². The zero-order chi connectivity index (χ0) is 14.9. The Morgan fingerprint density at radius 1 is 0.600 bits per heavy atom. The van der Waals surface area contributed by atoms with Gasteiger partial charge in [0.25, 0.3) is 0 Å². The van der Waals surface area contributed by atoms with E-state index in [-0.39, 0.29) is 18.3 Å². The molecular formula is C12H26NO7+. The van der Waals surface area contributed by atoms with Gasteiger partial charge in [-0.15, -0.1) is 0 Å². The van der Waals surface area contributed by atoms with Gasteiger partial charge in [0.15, 0.2) is 13.2 Å². The fourth-order valence-electron chi connectivity index (χ4n) is 1.11. The predicted molar refractivity (Wildman–Crippen MR) is 70.2 cm³/mol. The van der Waals surface area contributed by atoms with Crippen LogP contribution in [0.2, 0.25) is 0 Å².